The van der Waals surface area contributed by atoms with E-state index in [1.807, 2.05) is 12.1 Å². The number of hydrogen-bond acceptors (Lipinski definition) is 2. The summed E-state index contributed by atoms with van der Waals surface area (Å²) < 4.78 is 0. The Morgan fingerprint density at radius 1 is 1.46 bits per heavy atom. The molecule has 0 atom stereocenters. The number of aliphatic carboxylic acids is 1. The van der Waals surface area contributed by atoms with Crippen LogP contribution in [-0.2, 0) is 17.6 Å². The minimum absolute atomic E-state index is 0.0132. The molecule has 0 bridgehead atoms. The lowest BCUT2D eigenvalue weighted by Crippen LogP contribution is -2.00. The van der Waals surface area contributed by atoms with Gasteiger partial charge in [0.25, 0.3) is 0 Å². The number of benzene rings is 1. The van der Waals surface area contributed by atoms with Crippen LogP contribution in [0.1, 0.15) is 11.1 Å². The van der Waals surface area contributed by atoms with E-state index in [4.69, 9.17) is 10.4 Å². The van der Waals surface area contributed by atoms with E-state index >= 15 is 0 Å². The molecule has 0 amide bonds. The molecule has 0 aromatic heterocycles. The monoisotopic (exact) mass is 175 g/mol. The molecule has 0 fully saturated rings. The van der Waals surface area contributed by atoms with Crippen molar-refractivity contribution < 1.29 is 9.90 Å². The van der Waals surface area contributed by atoms with E-state index in [-0.39, 0.29) is 6.42 Å². The summed E-state index contributed by atoms with van der Waals surface area (Å²) >= 11 is 0. The fourth-order valence-corrected chi connectivity index (χ4v) is 1.12. The summed E-state index contributed by atoms with van der Waals surface area (Å²) in [5, 5.41) is 16.9. The summed E-state index contributed by atoms with van der Waals surface area (Å²) in [5.74, 6) is -0.853. The number of carboxylic acid groups (broad SMARTS) is 1. The quantitative estimate of drug-likeness (QED) is 0.754. The van der Waals surface area contributed by atoms with Crippen molar-refractivity contribution in [2.75, 3.05) is 0 Å². The van der Waals surface area contributed by atoms with E-state index < -0.39 is 5.97 Å². The number of carboxylic acids is 1. The highest BCUT2D eigenvalue weighted by atomic mass is 16.4. The maximum absolute atomic E-state index is 10.4. The van der Waals surface area contributed by atoms with Crippen LogP contribution in [0.25, 0.3) is 0 Å². The van der Waals surface area contributed by atoms with Crippen LogP contribution in [0.3, 0.4) is 0 Å². The number of nitrogens with zero attached hydrogens (tertiary/aromatic N) is 1. The van der Waals surface area contributed by atoms with Crippen LogP contribution >= 0.6 is 0 Å². The van der Waals surface area contributed by atoms with E-state index in [0.29, 0.717) is 6.42 Å². The molecule has 1 rings (SSSR count). The average molecular weight is 175 g/mol. The zero-order valence-corrected chi connectivity index (χ0v) is 7.03. The summed E-state index contributed by atoms with van der Waals surface area (Å²) in [7, 11) is 0. The van der Waals surface area contributed by atoms with Crippen molar-refractivity contribution in [1.29, 1.82) is 5.26 Å². The van der Waals surface area contributed by atoms with Gasteiger partial charge in [0.2, 0.25) is 0 Å². The molecule has 0 unspecified atom stereocenters. The van der Waals surface area contributed by atoms with Crippen LogP contribution in [0.15, 0.2) is 24.3 Å². The van der Waals surface area contributed by atoms with Gasteiger partial charge < -0.3 is 5.11 Å². The summed E-state index contributed by atoms with van der Waals surface area (Å²) in [6.45, 7) is 0. The summed E-state index contributed by atoms with van der Waals surface area (Å²) in [6, 6.07) is 9.09. The largest absolute Gasteiger partial charge is 0.481 e. The smallest absolute Gasteiger partial charge is 0.307 e. The van der Waals surface area contributed by atoms with Gasteiger partial charge in [-0.2, -0.15) is 5.26 Å². The van der Waals surface area contributed by atoms with Crippen LogP contribution in [-0.4, -0.2) is 11.1 Å². The third-order valence-electron chi connectivity index (χ3n) is 1.63. The van der Waals surface area contributed by atoms with Gasteiger partial charge in [0.1, 0.15) is 0 Å². The van der Waals surface area contributed by atoms with Crippen LogP contribution in [0.4, 0.5) is 0 Å². The lowest BCUT2D eigenvalue weighted by atomic mass is 10.1. The summed E-state index contributed by atoms with van der Waals surface area (Å²) in [5.41, 5.74) is 1.60. The Bertz CT molecular complexity index is 352. The zero-order valence-electron chi connectivity index (χ0n) is 7.03. The Morgan fingerprint density at radius 2 is 2.15 bits per heavy atom. The molecule has 0 saturated heterocycles. The number of rotatable bonds is 3. The first-order valence-electron chi connectivity index (χ1n) is 3.89. The number of carbonyl (C=O) groups is 1. The van der Waals surface area contributed by atoms with Crippen molar-refractivity contribution in [2.24, 2.45) is 0 Å². The highest BCUT2D eigenvalue weighted by Gasteiger charge is 2.00. The van der Waals surface area contributed by atoms with Crippen molar-refractivity contribution in [2.45, 2.75) is 12.8 Å². The van der Waals surface area contributed by atoms with E-state index in [9.17, 15) is 4.79 Å². The number of hydrogen-bond donors (Lipinski definition) is 1. The second kappa shape index (κ2) is 4.27. The van der Waals surface area contributed by atoms with Gasteiger partial charge >= 0.3 is 5.97 Å². The third kappa shape index (κ3) is 2.96. The average Bonchev–Trinajstić information content (AvgIpc) is 2.04. The fourth-order valence-electron chi connectivity index (χ4n) is 1.12. The maximum Gasteiger partial charge on any atom is 0.307 e. The molecule has 0 heterocycles. The van der Waals surface area contributed by atoms with E-state index in [1.54, 1.807) is 18.2 Å². The number of nitriles is 1. The molecule has 0 radical (unpaired) electrons. The molecule has 0 aliphatic rings. The van der Waals surface area contributed by atoms with Gasteiger partial charge in [0.05, 0.1) is 18.9 Å². The zero-order chi connectivity index (χ0) is 9.68. The van der Waals surface area contributed by atoms with Crippen LogP contribution < -0.4 is 0 Å². The van der Waals surface area contributed by atoms with Crippen LogP contribution in [0.2, 0.25) is 0 Å². The first-order valence-corrected chi connectivity index (χ1v) is 3.89. The predicted octanol–water partition coefficient (Wildman–Crippen LogP) is 1.38. The predicted molar refractivity (Wildman–Crippen MR) is 47.1 cm³/mol. The van der Waals surface area contributed by atoms with Crippen LogP contribution in [0.5, 0.6) is 0 Å². The molecule has 0 saturated carbocycles. The molecular weight excluding hydrogens is 166 g/mol. The van der Waals surface area contributed by atoms with Gasteiger partial charge in [0, 0.05) is 0 Å². The third-order valence-corrected chi connectivity index (χ3v) is 1.63. The Labute approximate surface area is 76.2 Å². The topological polar surface area (TPSA) is 61.1 Å². The van der Waals surface area contributed by atoms with Gasteiger partial charge in [-0.05, 0) is 11.1 Å². The van der Waals surface area contributed by atoms with Crippen molar-refractivity contribution in [1.82, 2.24) is 0 Å². The fraction of sp³-hybridized carbons (Fsp3) is 0.200. The van der Waals surface area contributed by atoms with Gasteiger partial charge in [0.15, 0.2) is 0 Å². The normalized spacial score (nSPS) is 9.15. The summed E-state index contributed by atoms with van der Waals surface area (Å²) in [6.07, 6.45) is 0.340. The van der Waals surface area contributed by atoms with E-state index in [1.165, 1.54) is 0 Å². The highest BCUT2D eigenvalue weighted by molar-refractivity contribution is 5.70. The molecule has 13 heavy (non-hydrogen) atoms. The minimum atomic E-state index is -0.853. The lowest BCUT2D eigenvalue weighted by Gasteiger charge is -1.98. The Balaban J connectivity index is 2.80. The van der Waals surface area contributed by atoms with Gasteiger partial charge in [-0.25, -0.2) is 0 Å². The van der Waals surface area contributed by atoms with Crippen molar-refractivity contribution in [3.8, 4) is 6.07 Å². The molecule has 1 N–H and O–H groups in total. The molecule has 1 aromatic rings. The molecule has 0 aliphatic carbocycles. The standard InChI is InChI=1S/C10H9NO2/c11-5-4-8-2-1-3-9(6-8)7-10(12)13/h1-3,6H,4,7H2,(H,12,13). The second-order valence-corrected chi connectivity index (χ2v) is 2.73. The lowest BCUT2D eigenvalue weighted by molar-refractivity contribution is -0.136. The van der Waals surface area contributed by atoms with E-state index in [2.05, 4.69) is 0 Å². The first-order chi connectivity index (χ1) is 6.22. The second-order valence-electron chi connectivity index (χ2n) is 2.73. The Kier molecular flexibility index (Phi) is 3.04. The maximum atomic E-state index is 10.4. The van der Waals surface area contributed by atoms with E-state index in [0.717, 1.165) is 11.1 Å². The molecule has 3 heteroatoms. The van der Waals surface area contributed by atoms with Crippen molar-refractivity contribution in [3.05, 3.63) is 35.4 Å². The Morgan fingerprint density at radius 3 is 2.77 bits per heavy atom. The van der Waals surface area contributed by atoms with Crippen molar-refractivity contribution >= 4 is 5.97 Å². The highest BCUT2D eigenvalue weighted by Crippen LogP contribution is 2.06. The summed E-state index contributed by atoms with van der Waals surface area (Å²) in [4.78, 5) is 10.4. The van der Waals surface area contributed by atoms with Gasteiger partial charge in [-0.15, -0.1) is 0 Å². The molecule has 66 valence electrons. The van der Waals surface area contributed by atoms with Gasteiger partial charge in [-0.3, -0.25) is 4.79 Å². The molecular formula is C10H9NO2. The molecule has 0 spiro atoms. The Hall–Kier alpha value is -1.82. The first kappa shape index (κ1) is 9.27. The molecule has 3 nitrogen and oxygen atoms in total. The SMILES string of the molecule is N#CCc1cccc(CC(=O)O)c1. The molecule has 1 aromatic carbocycles. The van der Waals surface area contributed by atoms with Crippen LogP contribution in [0, 0.1) is 11.3 Å². The molecule has 0 aliphatic heterocycles. The van der Waals surface area contributed by atoms with Crippen molar-refractivity contribution in [3.63, 3.8) is 0 Å². The van der Waals surface area contributed by atoms with Gasteiger partial charge in [-0.1, -0.05) is 24.3 Å². The minimum Gasteiger partial charge on any atom is -0.481 e.